The minimum absolute atomic E-state index is 0.134. The standard InChI is InChI=1S/C17H18BrNO3/c1-21-13-7-10(18)8-6-11-9-2-3-12(20)16-17(9,4-5-19-11)14(8)15(13)22-16/h7,9,11,16,19H,2-6H2,1H3. The van der Waals surface area contributed by atoms with Gasteiger partial charge in [0.05, 0.1) is 7.11 Å². The zero-order valence-electron chi connectivity index (χ0n) is 12.4. The number of carbonyl (C=O) groups is 1. The lowest BCUT2D eigenvalue weighted by Gasteiger charge is -2.54. The van der Waals surface area contributed by atoms with E-state index in [9.17, 15) is 4.79 Å². The summed E-state index contributed by atoms with van der Waals surface area (Å²) in [5.41, 5.74) is 2.44. The number of Topliss-reactive ketones (excluding diaryl/α,β-unsaturated/α-hetero) is 1. The maximum Gasteiger partial charge on any atom is 0.174 e. The Bertz CT molecular complexity index is 704. The largest absolute Gasteiger partial charge is 0.493 e. The first kappa shape index (κ1) is 13.4. The van der Waals surface area contributed by atoms with Crippen LogP contribution >= 0.6 is 15.9 Å². The third-order valence-electron chi connectivity index (χ3n) is 6.20. The molecule has 2 aliphatic carbocycles. The first-order valence-corrected chi connectivity index (χ1v) is 8.78. The summed E-state index contributed by atoms with van der Waals surface area (Å²) in [4.78, 5) is 12.6. The summed E-state index contributed by atoms with van der Waals surface area (Å²) in [6.07, 6.45) is 3.29. The molecule has 2 aliphatic heterocycles. The van der Waals surface area contributed by atoms with Crippen LogP contribution in [0.5, 0.6) is 11.5 Å². The molecule has 116 valence electrons. The van der Waals surface area contributed by atoms with Gasteiger partial charge in [-0.2, -0.15) is 0 Å². The molecule has 4 unspecified atom stereocenters. The van der Waals surface area contributed by atoms with Gasteiger partial charge in [-0.25, -0.2) is 0 Å². The van der Waals surface area contributed by atoms with Crippen molar-refractivity contribution in [2.24, 2.45) is 5.92 Å². The van der Waals surface area contributed by atoms with E-state index in [0.717, 1.165) is 41.8 Å². The first-order chi connectivity index (χ1) is 10.7. The number of ketones is 1. The van der Waals surface area contributed by atoms with Crippen molar-refractivity contribution in [3.8, 4) is 11.5 Å². The van der Waals surface area contributed by atoms with Gasteiger partial charge in [0.2, 0.25) is 0 Å². The minimum atomic E-state index is -0.312. The number of benzene rings is 1. The van der Waals surface area contributed by atoms with E-state index < -0.39 is 0 Å². The number of hydrogen-bond acceptors (Lipinski definition) is 4. The number of methoxy groups -OCH3 is 1. The number of piperidine rings is 1. The van der Waals surface area contributed by atoms with Gasteiger partial charge in [0.15, 0.2) is 23.4 Å². The first-order valence-electron chi connectivity index (χ1n) is 7.99. The van der Waals surface area contributed by atoms with Gasteiger partial charge >= 0.3 is 0 Å². The third-order valence-corrected chi connectivity index (χ3v) is 6.91. The molecule has 5 heteroatoms. The highest BCUT2D eigenvalue weighted by atomic mass is 79.9. The smallest absolute Gasteiger partial charge is 0.174 e. The van der Waals surface area contributed by atoms with Crippen LogP contribution in [-0.4, -0.2) is 31.6 Å². The zero-order valence-corrected chi connectivity index (χ0v) is 14.0. The van der Waals surface area contributed by atoms with Crippen molar-refractivity contribution in [1.82, 2.24) is 5.32 Å². The number of ether oxygens (including phenoxy) is 2. The van der Waals surface area contributed by atoms with Crippen molar-refractivity contribution in [3.05, 3.63) is 21.7 Å². The molecule has 1 N–H and O–H groups in total. The van der Waals surface area contributed by atoms with Crippen LogP contribution in [0.4, 0.5) is 0 Å². The zero-order chi connectivity index (χ0) is 15.1. The maximum absolute atomic E-state index is 12.6. The summed E-state index contributed by atoms with van der Waals surface area (Å²) in [6, 6.07) is 2.44. The lowest BCUT2D eigenvalue weighted by atomic mass is 9.52. The highest BCUT2D eigenvalue weighted by Gasteiger charge is 2.65. The average molecular weight is 364 g/mol. The van der Waals surface area contributed by atoms with Crippen LogP contribution in [0.25, 0.3) is 0 Å². The Balaban J connectivity index is 1.85. The van der Waals surface area contributed by atoms with E-state index in [-0.39, 0.29) is 17.3 Å². The summed E-state index contributed by atoms with van der Waals surface area (Å²) in [6.45, 7) is 0.960. The molecule has 1 aromatic rings. The summed E-state index contributed by atoms with van der Waals surface area (Å²) in [7, 11) is 1.67. The molecular formula is C17H18BrNO3. The summed E-state index contributed by atoms with van der Waals surface area (Å²) >= 11 is 3.71. The van der Waals surface area contributed by atoms with Crippen LogP contribution in [0.1, 0.15) is 30.4 Å². The van der Waals surface area contributed by atoms with Gasteiger partial charge in [-0.15, -0.1) is 0 Å². The molecule has 2 bridgehead atoms. The van der Waals surface area contributed by atoms with Crippen molar-refractivity contribution in [1.29, 1.82) is 0 Å². The minimum Gasteiger partial charge on any atom is -0.493 e. The van der Waals surface area contributed by atoms with Gasteiger partial charge in [-0.1, -0.05) is 15.9 Å². The van der Waals surface area contributed by atoms with Crippen LogP contribution in [0.15, 0.2) is 10.5 Å². The van der Waals surface area contributed by atoms with Gasteiger partial charge in [0, 0.05) is 27.9 Å². The number of carbonyl (C=O) groups excluding carboxylic acids is 1. The van der Waals surface area contributed by atoms with E-state index in [0.29, 0.717) is 18.4 Å². The number of rotatable bonds is 1. The Morgan fingerprint density at radius 1 is 1.50 bits per heavy atom. The second kappa shape index (κ2) is 4.26. The molecule has 1 spiro atoms. The lowest BCUT2D eigenvalue weighted by Crippen LogP contribution is -2.65. The molecule has 4 aliphatic rings. The fraction of sp³-hybridized carbons (Fsp3) is 0.588. The fourth-order valence-corrected chi connectivity index (χ4v) is 5.99. The molecule has 2 fully saturated rings. The lowest BCUT2D eigenvalue weighted by molar-refractivity contribution is -0.135. The van der Waals surface area contributed by atoms with Gasteiger partial charge in [-0.3, -0.25) is 4.79 Å². The van der Waals surface area contributed by atoms with Crippen LogP contribution in [-0.2, 0) is 16.6 Å². The number of nitrogens with one attached hydrogen (secondary N) is 1. The topological polar surface area (TPSA) is 47.6 Å². The van der Waals surface area contributed by atoms with Gasteiger partial charge < -0.3 is 14.8 Å². The Hall–Kier alpha value is -1.07. The Morgan fingerprint density at radius 3 is 3.18 bits per heavy atom. The van der Waals surface area contributed by atoms with Gasteiger partial charge in [-0.05, 0) is 43.4 Å². The van der Waals surface area contributed by atoms with Crippen molar-refractivity contribution in [2.45, 2.75) is 43.2 Å². The Kier molecular flexibility index (Phi) is 2.59. The molecular weight excluding hydrogens is 346 g/mol. The van der Waals surface area contributed by atoms with E-state index in [1.807, 2.05) is 6.07 Å². The number of halogens is 1. The van der Waals surface area contributed by atoms with E-state index >= 15 is 0 Å². The second-order valence-electron chi connectivity index (χ2n) is 6.91. The van der Waals surface area contributed by atoms with Crippen LogP contribution in [0.3, 0.4) is 0 Å². The molecule has 0 aromatic heterocycles. The van der Waals surface area contributed by atoms with E-state index in [1.165, 1.54) is 11.1 Å². The Labute approximate surface area is 137 Å². The van der Waals surface area contributed by atoms with Crippen molar-refractivity contribution < 1.29 is 14.3 Å². The van der Waals surface area contributed by atoms with Gasteiger partial charge in [0.1, 0.15) is 0 Å². The summed E-state index contributed by atoms with van der Waals surface area (Å²) in [5, 5.41) is 3.68. The van der Waals surface area contributed by atoms with Crippen LogP contribution < -0.4 is 14.8 Å². The van der Waals surface area contributed by atoms with E-state index in [4.69, 9.17) is 9.47 Å². The molecule has 5 rings (SSSR count). The van der Waals surface area contributed by atoms with E-state index in [2.05, 4.69) is 21.2 Å². The third kappa shape index (κ3) is 1.36. The monoisotopic (exact) mass is 363 g/mol. The molecule has 0 amide bonds. The molecule has 22 heavy (non-hydrogen) atoms. The Morgan fingerprint density at radius 2 is 2.36 bits per heavy atom. The highest BCUT2D eigenvalue weighted by molar-refractivity contribution is 9.10. The van der Waals surface area contributed by atoms with Crippen LogP contribution in [0.2, 0.25) is 0 Å². The number of hydrogen-bond donors (Lipinski definition) is 1. The maximum atomic E-state index is 12.6. The summed E-state index contributed by atoms with van der Waals surface area (Å²) in [5.74, 6) is 2.33. The molecule has 0 radical (unpaired) electrons. The molecule has 1 aromatic carbocycles. The van der Waals surface area contributed by atoms with Gasteiger partial charge in [0.25, 0.3) is 0 Å². The average Bonchev–Trinajstić information content (AvgIpc) is 2.84. The normalized spacial score (nSPS) is 37.5. The van der Waals surface area contributed by atoms with E-state index in [1.54, 1.807) is 7.11 Å². The summed E-state index contributed by atoms with van der Waals surface area (Å²) < 4.78 is 12.9. The predicted molar refractivity (Wildman–Crippen MR) is 84.6 cm³/mol. The second-order valence-corrected chi connectivity index (χ2v) is 7.76. The molecule has 1 saturated heterocycles. The van der Waals surface area contributed by atoms with Crippen molar-refractivity contribution >= 4 is 21.7 Å². The fourth-order valence-electron chi connectivity index (χ4n) is 5.42. The van der Waals surface area contributed by atoms with Crippen LogP contribution in [0, 0.1) is 5.92 Å². The molecule has 4 nitrogen and oxygen atoms in total. The molecule has 2 heterocycles. The quantitative estimate of drug-likeness (QED) is 0.831. The molecule has 4 atom stereocenters. The van der Waals surface area contributed by atoms with Crippen molar-refractivity contribution in [3.63, 3.8) is 0 Å². The highest BCUT2D eigenvalue weighted by Crippen LogP contribution is 2.63. The SMILES string of the molecule is COc1cc(Br)c2c3c1OC1C(=O)CCC4C(C2)NCCC314. The van der Waals surface area contributed by atoms with Crippen molar-refractivity contribution in [2.75, 3.05) is 13.7 Å². The molecule has 1 saturated carbocycles. The predicted octanol–water partition coefficient (Wildman–Crippen LogP) is 2.35.